The Morgan fingerprint density at radius 2 is 1.19 bits per heavy atom. The predicted octanol–water partition coefficient (Wildman–Crippen LogP) is 14.4. The van der Waals surface area contributed by atoms with Gasteiger partial charge in [-0.3, -0.25) is 0 Å². The monoisotopic (exact) mass is 762 g/mol. The van der Waals surface area contributed by atoms with Gasteiger partial charge in [-0.15, -0.1) is 68.6 Å². The van der Waals surface area contributed by atoms with E-state index in [-0.39, 0.29) is 0 Å². The quantitative estimate of drug-likeness (QED) is 0.124. The number of aryl methyl sites for hydroxylation is 5. The summed E-state index contributed by atoms with van der Waals surface area (Å²) in [6, 6.07) is 40.2. The second kappa shape index (κ2) is 17.8. The number of rotatable bonds is 3. The van der Waals surface area contributed by atoms with Crippen molar-refractivity contribution in [3.05, 3.63) is 143 Å². The molecule has 7 aromatic carbocycles. The maximum atomic E-state index is 4.93. The molecular weight excluding hydrogens is 719 g/mol. The van der Waals surface area contributed by atoms with Gasteiger partial charge in [-0.05, 0) is 59.7 Å². The fourth-order valence-electron chi connectivity index (χ4n) is 6.70. The zero-order valence-corrected chi connectivity index (χ0v) is 34.7. The van der Waals surface area contributed by atoms with Crippen LogP contribution in [0, 0.1) is 34.6 Å². The normalized spacial score (nSPS) is 10.6. The molecular formula is C44H46Cl2SiZr. The molecule has 2 radical (unpaired) electrons. The Hall–Kier alpha value is -2.74. The van der Waals surface area contributed by atoms with Crippen LogP contribution in [-0.4, -0.2) is 9.52 Å². The number of fused-ring (bicyclic) bond motifs is 3. The second-order valence-corrected chi connectivity index (χ2v) is 17.6. The topological polar surface area (TPSA) is 0 Å². The van der Waals surface area contributed by atoms with Crippen LogP contribution in [0.25, 0.3) is 54.6 Å². The third-order valence-corrected chi connectivity index (χ3v) is 8.72. The van der Waals surface area contributed by atoms with E-state index in [9.17, 15) is 0 Å². The summed E-state index contributed by atoms with van der Waals surface area (Å²) in [7, 11) is 11.0. The van der Waals surface area contributed by atoms with Gasteiger partial charge in [0, 0.05) is 9.52 Å². The van der Waals surface area contributed by atoms with Gasteiger partial charge in [-0.25, -0.2) is 0 Å². The van der Waals surface area contributed by atoms with Crippen LogP contribution >= 0.6 is 17.0 Å². The summed E-state index contributed by atoms with van der Waals surface area (Å²) in [4.78, 5) is 0. The van der Waals surface area contributed by atoms with E-state index in [1.165, 1.54) is 88.0 Å². The van der Waals surface area contributed by atoms with Crippen LogP contribution in [-0.2, 0) is 20.8 Å². The van der Waals surface area contributed by atoms with Crippen molar-refractivity contribution < 1.29 is 20.8 Å². The molecule has 0 fully saturated rings. The van der Waals surface area contributed by atoms with E-state index < -0.39 is 20.8 Å². The van der Waals surface area contributed by atoms with E-state index >= 15 is 0 Å². The summed E-state index contributed by atoms with van der Waals surface area (Å²) < 4.78 is 0. The Bertz CT molecular complexity index is 2080. The van der Waals surface area contributed by atoms with Gasteiger partial charge in [0.15, 0.2) is 0 Å². The average molecular weight is 765 g/mol. The molecule has 0 aliphatic heterocycles. The fraction of sp³-hybridized carbons (Fsp3) is 0.227. The Morgan fingerprint density at radius 3 is 1.83 bits per heavy atom. The molecule has 48 heavy (non-hydrogen) atoms. The molecule has 0 amide bonds. The molecule has 0 spiro atoms. The summed E-state index contributed by atoms with van der Waals surface area (Å²) in [5, 5.41) is 8.10. The van der Waals surface area contributed by atoms with Crippen molar-refractivity contribution in [2.75, 3.05) is 0 Å². The molecule has 0 aromatic heterocycles. The molecule has 0 saturated carbocycles. The first-order valence-electron chi connectivity index (χ1n) is 16.5. The van der Waals surface area contributed by atoms with Crippen molar-refractivity contribution >= 4 is 58.9 Å². The first-order valence-corrected chi connectivity index (χ1v) is 24.8. The Balaban J connectivity index is 0.000000187. The molecule has 0 nitrogen and oxygen atoms in total. The van der Waals surface area contributed by atoms with Crippen LogP contribution in [0.3, 0.4) is 0 Å². The van der Waals surface area contributed by atoms with Crippen molar-refractivity contribution in [3.8, 4) is 22.3 Å². The average Bonchev–Trinajstić information content (AvgIpc) is 3.67. The van der Waals surface area contributed by atoms with Gasteiger partial charge in [0.05, 0.1) is 0 Å². The summed E-state index contributed by atoms with van der Waals surface area (Å²) in [5.41, 5.74) is 13.6. The number of hydrogen-bond acceptors (Lipinski definition) is 0. The molecule has 0 N–H and O–H groups in total. The van der Waals surface area contributed by atoms with Gasteiger partial charge in [0.25, 0.3) is 0 Å². The number of halogens is 2. The minimum atomic E-state index is -0.826. The van der Waals surface area contributed by atoms with Crippen LogP contribution in [0.2, 0.25) is 13.1 Å². The molecule has 244 valence electrons. The molecule has 0 aliphatic carbocycles. The molecule has 0 unspecified atom stereocenters. The van der Waals surface area contributed by atoms with Crippen molar-refractivity contribution in [2.24, 2.45) is 0 Å². The third kappa shape index (κ3) is 8.88. The van der Waals surface area contributed by atoms with E-state index in [1.807, 2.05) is 0 Å². The van der Waals surface area contributed by atoms with Crippen LogP contribution in [0.1, 0.15) is 53.1 Å². The van der Waals surface area contributed by atoms with Crippen molar-refractivity contribution in [3.63, 3.8) is 0 Å². The van der Waals surface area contributed by atoms with Gasteiger partial charge in [-0.2, -0.15) is 12.1 Å². The molecule has 7 aromatic rings. The standard InChI is InChI=1S/C22H19.C20H21.C2H6Si.2ClH.Zr/c1-15(2)18-13-17-9-6-12-21(22(17)14-18)20-11-5-8-16-7-3-4-10-19(16)20;1-12-8-15(4)20(16(5)9-12)17-7-6-14(3)18-10-13(2)11-19(17)18;1-3-2;;;/h3-15H,1-2H3;6-11H,1-5H3;1-2H3;2*1H;/q2*-1;;;;+4/p-2. The van der Waals surface area contributed by atoms with Crippen molar-refractivity contribution in [1.82, 2.24) is 0 Å². The zero-order valence-electron chi connectivity index (χ0n) is 29.7. The van der Waals surface area contributed by atoms with Gasteiger partial charge in [0.2, 0.25) is 0 Å². The van der Waals surface area contributed by atoms with Crippen LogP contribution in [0.4, 0.5) is 0 Å². The second-order valence-electron chi connectivity index (χ2n) is 12.9. The van der Waals surface area contributed by atoms with Crippen LogP contribution < -0.4 is 0 Å². The molecule has 7 rings (SSSR count). The van der Waals surface area contributed by atoms with E-state index in [4.69, 9.17) is 17.0 Å². The summed E-state index contributed by atoms with van der Waals surface area (Å²) in [6.07, 6.45) is 0. The van der Waals surface area contributed by atoms with Crippen molar-refractivity contribution in [1.29, 1.82) is 0 Å². The van der Waals surface area contributed by atoms with E-state index in [1.54, 1.807) is 0 Å². The van der Waals surface area contributed by atoms with Crippen LogP contribution in [0.15, 0.2) is 109 Å². The first kappa shape index (κ1) is 38.1. The van der Waals surface area contributed by atoms with Crippen LogP contribution in [0.5, 0.6) is 0 Å². The van der Waals surface area contributed by atoms with E-state index in [2.05, 4.69) is 171 Å². The number of benzene rings is 5. The molecule has 0 saturated heterocycles. The van der Waals surface area contributed by atoms with Crippen molar-refractivity contribution in [2.45, 2.75) is 67.5 Å². The van der Waals surface area contributed by atoms with Gasteiger partial charge >= 0.3 is 37.9 Å². The molecule has 0 aliphatic rings. The number of hydrogen-bond donors (Lipinski definition) is 0. The SMILES string of the molecule is CC(C)c1cc2c(-c3cccc4ccccc34)cccc2[cH-]1.C[Si]C.Cc1cc(C)c(-c2ccc(C)c3[cH-]c(C)cc23)c(C)c1.[Cl][Zr+2][Cl]. The summed E-state index contributed by atoms with van der Waals surface area (Å²) in [5.74, 6) is 0.563. The van der Waals surface area contributed by atoms with Gasteiger partial charge < -0.3 is 0 Å². The first-order chi connectivity index (χ1) is 23.0. The molecule has 0 heterocycles. The molecule has 0 bridgehead atoms. The zero-order chi connectivity index (χ0) is 35.0. The predicted molar refractivity (Wildman–Crippen MR) is 214 cm³/mol. The molecule has 4 heteroatoms. The summed E-state index contributed by atoms with van der Waals surface area (Å²) in [6.45, 7) is 19.8. The van der Waals surface area contributed by atoms with Gasteiger partial charge in [-0.1, -0.05) is 124 Å². The Morgan fingerprint density at radius 1 is 0.604 bits per heavy atom. The third-order valence-electron chi connectivity index (χ3n) is 8.72. The Labute approximate surface area is 309 Å². The van der Waals surface area contributed by atoms with E-state index in [0.717, 1.165) is 9.52 Å². The summed E-state index contributed by atoms with van der Waals surface area (Å²) >= 11 is -0.826. The minimum absolute atomic E-state index is 0.563. The maximum absolute atomic E-state index is 4.93. The molecule has 0 atom stereocenters. The fourth-order valence-corrected chi connectivity index (χ4v) is 6.70. The Kier molecular flexibility index (Phi) is 14.1. The van der Waals surface area contributed by atoms with E-state index in [0.29, 0.717) is 5.92 Å². The van der Waals surface area contributed by atoms with Gasteiger partial charge in [0.1, 0.15) is 0 Å².